The van der Waals surface area contributed by atoms with Gasteiger partial charge in [0.05, 0.1) is 21.8 Å². The van der Waals surface area contributed by atoms with E-state index in [2.05, 4.69) is 20.3 Å². The number of hydrogen-bond donors (Lipinski definition) is 2. The SMILES string of the molecule is CC(C)(O)c1ncc(-c2cc3c(NC4(c5ccccc5F)CC4)c(Cl)cnc3cc2F)cn1. The van der Waals surface area contributed by atoms with E-state index in [-0.39, 0.29) is 17.2 Å². The van der Waals surface area contributed by atoms with Crippen LogP contribution >= 0.6 is 11.6 Å². The van der Waals surface area contributed by atoms with Crippen LogP contribution in [0.1, 0.15) is 38.1 Å². The highest BCUT2D eigenvalue weighted by atomic mass is 35.5. The van der Waals surface area contributed by atoms with Crippen LogP contribution in [0, 0.1) is 11.6 Å². The van der Waals surface area contributed by atoms with Gasteiger partial charge in [-0.25, -0.2) is 18.7 Å². The molecule has 33 heavy (non-hydrogen) atoms. The largest absolute Gasteiger partial charge is 0.382 e. The molecule has 0 spiro atoms. The molecule has 1 saturated carbocycles. The van der Waals surface area contributed by atoms with Gasteiger partial charge < -0.3 is 10.4 Å². The lowest BCUT2D eigenvalue weighted by Gasteiger charge is -2.22. The Kier molecular flexibility index (Phi) is 5.06. The topological polar surface area (TPSA) is 70.9 Å². The number of benzene rings is 2. The first kappa shape index (κ1) is 21.7. The van der Waals surface area contributed by atoms with Gasteiger partial charge in [0.15, 0.2) is 5.82 Å². The minimum atomic E-state index is -1.21. The maximum absolute atomic E-state index is 15.0. The first-order chi connectivity index (χ1) is 15.7. The maximum atomic E-state index is 15.0. The summed E-state index contributed by atoms with van der Waals surface area (Å²) in [4.78, 5) is 12.6. The molecule has 1 aliphatic carbocycles. The van der Waals surface area contributed by atoms with Crippen LogP contribution in [0.15, 0.2) is 55.0 Å². The summed E-state index contributed by atoms with van der Waals surface area (Å²) < 4.78 is 29.5. The van der Waals surface area contributed by atoms with E-state index in [0.717, 1.165) is 12.8 Å². The lowest BCUT2D eigenvalue weighted by molar-refractivity contribution is 0.0687. The van der Waals surface area contributed by atoms with E-state index < -0.39 is 17.0 Å². The van der Waals surface area contributed by atoms with Gasteiger partial charge in [-0.2, -0.15) is 0 Å². The Morgan fingerprint density at radius 2 is 1.70 bits per heavy atom. The van der Waals surface area contributed by atoms with Crippen molar-refractivity contribution in [3.05, 3.63) is 83.0 Å². The van der Waals surface area contributed by atoms with Crippen molar-refractivity contribution in [3.63, 3.8) is 0 Å². The Balaban J connectivity index is 1.61. The Hall–Kier alpha value is -3.16. The van der Waals surface area contributed by atoms with Gasteiger partial charge in [-0.15, -0.1) is 0 Å². The van der Waals surface area contributed by atoms with E-state index in [4.69, 9.17) is 11.6 Å². The second-order valence-corrected chi connectivity index (χ2v) is 9.28. The molecule has 2 aromatic heterocycles. The number of halogens is 3. The molecule has 0 saturated heterocycles. The van der Waals surface area contributed by atoms with Crippen LogP contribution in [-0.2, 0) is 11.1 Å². The molecule has 0 amide bonds. The van der Waals surface area contributed by atoms with Gasteiger partial charge >= 0.3 is 0 Å². The fourth-order valence-electron chi connectivity index (χ4n) is 4.00. The highest BCUT2D eigenvalue weighted by molar-refractivity contribution is 6.34. The molecule has 1 fully saturated rings. The number of hydrogen-bond acceptors (Lipinski definition) is 5. The maximum Gasteiger partial charge on any atom is 0.159 e. The molecule has 4 aromatic rings. The van der Waals surface area contributed by atoms with Gasteiger partial charge in [0, 0.05) is 46.7 Å². The van der Waals surface area contributed by atoms with Crippen LogP contribution in [-0.4, -0.2) is 20.1 Å². The first-order valence-electron chi connectivity index (χ1n) is 10.5. The minimum Gasteiger partial charge on any atom is -0.382 e. The molecule has 0 radical (unpaired) electrons. The summed E-state index contributed by atoms with van der Waals surface area (Å²) >= 11 is 6.51. The number of aliphatic hydroxyl groups is 1. The van der Waals surface area contributed by atoms with Crippen LogP contribution in [0.25, 0.3) is 22.0 Å². The van der Waals surface area contributed by atoms with Gasteiger partial charge in [-0.05, 0) is 38.8 Å². The lowest BCUT2D eigenvalue weighted by Crippen LogP contribution is -2.20. The molecule has 2 N–H and O–H groups in total. The quantitative estimate of drug-likeness (QED) is 0.380. The van der Waals surface area contributed by atoms with Crippen LogP contribution in [0.3, 0.4) is 0 Å². The number of fused-ring (bicyclic) bond motifs is 1. The Bertz CT molecular complexity index is 1370. The molecular formula is C25H21ClF2N4O. The summed E-state index contributed by atoms with van der Waals surface area (Å²) in [6.45, 7) is 3.15. The van der Waals surface area contributed by atoms with E-state index in [0.29, 0.717) is 32.7 Å². The average molecular weight is 467 g/mol. The summed E-state index contributed by atoms with van der Waals surface area (Å²) in [5.41, 5.74) is 0.495. The van der Waals surface area contributed by atoms with Gasteiger partial charge in [-0.3, -0.25) is 4.98 Å². The molecule has 168 valence electrons. The molecule has 2 heterocycles. The summed E-state index contributed by atoms with van der Waals surface area (Å²) in [7, 11) is 0. The predicted molar refractivity (Wildman–Crippen MR) is 124 cm³/mol. The zero-order valence-electron chi connectivity index (χ0n) is 18.0. The van der Waals surface area contributed by atoms with Crippen molar-refractivity contribution in [2.45, 2.75) is 37.8 Å². The van der Waals surface area contributed by atoms with E-state index in [1.165, 1.54) is 30.7 Å². The zero-order chi connectivity index (χ0) is 23.4. The number of aromatic nitrogens is 3. The molecule has 2 aromatic carbocycles. The smallest absolute Gasteiger partial charge is 0.159 e. The molecular weight excluding hydrogens is 446 g/mol. The second-order valence-electron chi connectivity index (χ2n) is 8.87. The third-order valence-electron chi connectivity index (χ3n) is 5.92. The molecule has 5 nitrogen and oxygen atoms in total. The number of pyridine rings is 1. The summed E-state index contributed by atoms with van der Waals surface area (Å²) in [6.07, 6.45) is 5.89. The molecule has 1 aliphatic rings. The molecule has 0 atom stereocenters. The molecule has 0 bridgehead atoms. The van der Waals surface area contributed by atoms with Crippen molar-refractivity contribution in [1.82, 2.24) is 15.0 Å². The van der Waals surface area contributed by atoms with Gasteiger partial charge in [0.1, 0.15) is 17.2 Å². The number of nitrogens with zero attached hydrogens (tertiary/aromatic N) is 3. The summed E-state index contributed by atoms with van der Waals surface area (Å²) in [6, 6.07) is 9.64. The molecule has 5 rings (SSSR count). The minimum absolute atomic E-state index is 0.236. The Labute approximate surface area is 194 Å². The van der Waals surface area contributed by atoms with E-state index in [1.54, 1.807) is 38.1 Å². The lowest BCUT2D eigenvalue weighted by atomic mass is 10.0. The normalized spacial score (nSPS) is 15.0. The van der Waals surface area contributed by atoms with E-state index in [9.17, 15) is 13.9 Å². The Morgan fingerprint density at radius 3 is 2.33 bits per heavy atom. The average Bonchev–Trinajstić information content (AvgIpc) is 3.56. The van der Waals surface area contributed by atoms with Crippen LogP contribution in [0.2, 0.25) is 5.02 Å². The number of nitrogens with one attached hydrogen (secondary N) is 1. The van der Waals surface area contributed by atoms with Crippen LogP contribution in [0.5, 0.6) is 0 Å². The third-order valence-corrected chi connectivity index (χ3v) is 6.21. The van der Waals surface area contributed by atoms with Crippen molar-refractivity contribution in [1.29, 1.82) is 0 Å². The highest BCUT2D eigenvalue weighted by Gasteiger charge is 2.46. The predicted octanol–water partition coefficient (Wildman–Crippen LogP) is 5.95. The van der Waals surface area contributed by atoms with Gasteiger partial charge in [0.2, 0.25) is 0 Å². The monoisotopic (exact) mass is 466 g/mol. The molecule has 0 aliphatic heterocycles. The van der Waals surface area contributed by atoms with Gasteiger partial charge in [-0.1, -0.05) is 29.8 Å². The van der Waals surface area contributed by atoms with E-state index in [1.807, 2.05) is 0 Å². The summed E-state index contributed by atoms with van der Waals surface area (Å²) in [5, 5.41) is 14.5. The third kappa shape index (κ3) is 3.92. The van der Waals surface area contributed by atoms with Crippen molar-refractivity contribution in [3.8, 4) is 11.1 Å². The van der Waals surface area contributed by atoms with Crippen LogP contribution in [0.4, 0.5) is 14.5 Å². The second kappa shape index (κ2) is 7.71. The number of rotatable bonds is 5. The Morgan fingerprint density at radius 1 is 1.00 bits per heavy atom. The van der Waals surface area contributed by atoms with Crippen molar-refractivity contribution >= 4 is 28.2 Å². The standard InChI is InChI=1S/C25H21ClF2N4O/c1-24(2,33)23-30-11-14(12-31-23)15-9-16-21(10-20(15)28)29-13-18(26)22(16)32-25(7-8-25)17-5-3-4-6-19(17)27/h3-6,9-13,33H,7-8H2,1-2H3,(H,29,32). The molecule has 8 heteroatoms. The van der Waals surface area contributed by atoms with Crippen molar-refractivity contribution < 1.29 is 13.9 Å². The highest BCUT2D eigenvalue weighted by Crippen LogP contribution is 2.51. The molecule has 0 unspecified atom stereocenters. The summed E-state index contributed by atoms with van der Waals surface area (Å²) in [5.74, 6) is -0.536. The van der Waals surface area contributed by atoms with E-state index >= 15 is 0 Å². The fourth-order valence-corrected chi connectivity index (χ4v) is 4.19. The van der Waals surface area contributed by atoms with Gasteiger partial charge in [0.25, 0.3) is 0 Å². The van der Waals surface area contributed by atoms with Crippen LogP contribution < -0.4 is 5.32 Å². The number of anilines is 1. The first-order valence-corrected chi connectivity index (χ1v) is 10.9. The van der Waals surface area contributed by atoms with Crippen molar-refractivity contribution in [2.75, 3.05) is 5.32 Å². The van der Waals surface area contributed by atoms with Crippen molar-refractivity contribution in [2.24, 2.45) is 0 Å². The fraction of sp³-hybridized carbons (Fsp3) is 0.240. The zero-order valence-corrected chi connectivity index (χ0v) is 18.8.